The Balaban J connectivity index is 1.50. The van der Waals surface area contributed by atoms with Gasteiger partial charge < -0.3 is 10.6 Å². The van der Waals surface area contributed by atoms with E-state index in [2.05, 4.69) is 27.9 Å². The lowest BCUT2D eigenvalue weighted by Crippen LogP contribution is -2.31. The SMILES string of the molecule is CC1CCCC(CNC(=O)c2cn(C3CCNCC3)nn2)C1. The maximum atomic E-state index is 12.2. The van der Waals surface area contributed by atoms with E-state index in [0.717, 1.165) is 38.4 Å². The highest BCUT2D eigenvalue weighted by Gasteiger charge is 2.21. The van der Waals surface area contributed by atoms with Gasteiger partial charge in [-0.3, -0.25) is 4.79 Å². The summed E-state index contributed by atoms with van der Waals surface area (Å²) < 4.78 is 1.86. The first kappa shape index (κ1) is 15.5. The van der Waals surface area contributed by atoms with E-state index < -0.39 is 0 Å². The highest BCUT2D eigenvalue weighted by molar-refractivity contribution is 5.91. The number of piperidine rings is 1. The van der Waals surface area contributed by atoms with E-state index in [1.807, 2.05) is 4.68 Å². The van der Waals surface area contributed by atoms with Crippen molar-refractivity contribution in [3.63, 3.8) is 0 Å². The molecule has 1 aliphatic heterocycles. The second-order valence-corrected chi connectivity index (χ2v) is 6.91. The molecule has 6 heteroatoms. The number of carbonyl (C=O) groups is 1. The van der Waals surface area contributed by atoms with Crippen LogP contribution >= 0.6 is 0 Å². The van der Waals surface area contributed by atoms with E-state index in [4.69, 9.17) is 0 Å². The summed E-state index contributed by atoms with van der Waals surface area (Å²) in [4.78, 5) is 12.2. The summed E-state index contributed by atoms with van der Waals surface area (Å²) in [5, 5.41) is 14.6. The molecule has 3 rings (SSSR count). The Kier molecular flexibility index (Phi) is 5.08. The first-order valence-electron chi connectivity index (χ1n) is 8.63. The lowest BCUT2D eigenvalue weighted by atomic mass is 9.82. The number of rotatable bonds is 4. The van der Waals surface area contributed by atoms with Gasteiger partial charge in [-0.05, 0) is 50.6 Å². The quantitative estimate of drug-likeness (QED) is 0.889. The predicted molar refractivity (Wildman–Crippen MR) is 84.6 cm³/mol. The zero-order valence-electron chi connectivity index (χ0n) is 13.4. The number of carbonyl (C=O) groups excluding carboxylic acids is 1. The smallest absolute Gasteiger partial charge is 0.273 e. The molecular weight excluding hydrogens is 278 g/mol. The molecule has 1 aromatic rings. The van der Waals surface area contributed by atoms with Crippen LogP contribution in [0.2, 0.25) is 0 Å². The van der Waals surface area contributed by atoms with Crippen LogP contribution in [0.25, 0.3) is 0 Å². The second-order valence-electron chi connectivity index (χ2n) is 6.91. The number of nitrogens with one attached hydrogen (secondary N) is 2. The van der Waals surface area contributed by atoms with Crippen LogP contribution in [-0.2, 0) is 0 Å². The number of nitrogens with zero attached hydrogens (tertiary/aromatic N) is 3. The summed E-state index contributed by atoms with van der Waals surface area (Å²) in [6.07, 6.45) is 8.96. The van der Waals surface area contributed by atoms with Crippen molar-refractivity contribution in [1.29, 1.82) is 0 Å². The molecule has 1 saturated heterocycles. The van der Waals surface area contributed by atoms with Crippen molar-refractivity contribution in [2.24, 2.45) is 11.8 Å². The van der Waals surface area contributed by atoms with Gasteiger partial charge in [-0.15, -0.1) is 5.10 Å². The van der Waals surface area contributed by atoms with Crippen molar-refractivity contribution < 1.29 is 4.79 Å². The maximum absolute atomic E-state index is 12.2. The first-order valence-corrected chi connectivity index (χ1v) is 8.63. The lowest BCUT2D eigenvalue weighted by Gasteiger charge is -2.26. The van der Waals surface area contributed by atoms with Crippen molar-refractivity contribution in [3.05, 3.63) is 11.9 Å². The normalized spacial score (nSPS) is 26.8. The number of hydrogen-bond acceptors (Lipinski definition) is 4. The molecule has 1 amide bonds. The minimum absolute atomic E-state index is 0.0848. The molecule has 0 radical (unpaired) electrons. The second kappa shape index (κ2) is 7.22. The predicted octanol–water partition coefficient (Wildman–Crippen LogP) is 1.76. The molecule has 22 heavy (non-hydrogen) atoms. The minimum Gasteiger partial charge on any atom is -0.350 e. The third kappa shape index (κ3) is 3.85. The van der Waals surface area contributed by atoms with Gasteiger partial charge in [-0.25, -0.2) is 4.68 Å². The molecule has 2 N–H and O–H groups in total. The van der Waals surface area contributed by atoms with Crippen LogP contribution in [0.4, 0.5) is 0 Å². The molecule has 2 aliphatic rings. The Morgan fingerprint density at radius 3 is 2.95 bits per heavy atom. The number of amides is 1. The van der Waals surface area contributed by atoms with E-state index >= 15 is 0 Å². The third-order valence-electron chi connectivity index (χ3n) is 5.02. The molecule has 0 bridgehead atoms. The average Bonchev–Trinajstić information content (AvgIpc) is 3.04. The van der Waals surface area contributed by atoms with Crippen molar-refractivity contribution in [1.82, 2.24) is 25.6 Å². The summed E-state index contributed by atoms with van der Waals surface area (Å²) in [6, 6.07) is 0.370. The summed E-state index contributed by atoms with van der Waals surface area (Å²) in [5.74, 6) is 1.32. The van der Waals surface area contributed by atoms with Crippen molar-refractivity contribution in [2.75, 3.05) is 19.6 Å². The van der Waals surface area contributed by atoms with Crippen LogP contribution in [0.3, 0.4) is 0 Å². The van der Waals surface area contributed by atoms with Crippen LogP contribution in [-0.4, -0.2) is 40.5 Å². The Labute approximate surface area is 132 Å². The van der Waals surface area contributed by atoms with Crippen LogP contribution in [0.5, 0.6) is 0 Å². The highest BCUT2D eigenvalue weighted by atomic mass is 16.2. The van der Waals surface area contributed by atoms with Gasteiger partial charge in [-0.1, -0.05) is 25.0 Å². The van der Waals surface area contributed by atoms with Crippen molar-refractivity contribution in [3.8, 4) is 0 Å². The highest BCUT2D eigenvalue weighted by Crippen LogP contribution is 2.27. The van der Waals surface area contributed by atoms with Gasteiger partial charge in [0.1, 0.15) is 0 Å². The fourth-order valence-electron chi connectivity index (χ4n) is 3.70. The van der Waals surface area contributed by atoms with Gasteiger partial charge in [0.15, 0.2) is 5.69 Å². The largest absolute Gasteiger partial charge is 0.350 e. The van der Waals surface area contributed by atoms with Crippen LogP contribution < -0.4 is 10.6 Å². The molecule has 0 spiro atoms. The minimum atomic E-state index is -0.0848. The number of hydrogen-bond donors (Lipinski definition) is 2. The zero-order chi connectivity index (χ0) is 15.4. The van der Waals surface area contributed by atoms with Crippen molar-refractivity contribution in [2.45, 2.75) is 51.5 Å². The van der Waals surface area contributed by atoms with Crippen LogP contribution in [0, 0.1) is 11.8 Å². The molecule has 2 atom stereocenters. The fraction of sp³-hybridized carbons (Fsp3) is 0.812. The molecule has 0 aromatic carbocycles. The average molecular weight is 305 g/mol. The van der Waals surface area contributed by atoms with E-state index in [1.165, 1.54) is 25.7 Å². The number of aromatic nitrogens is 3. The van der Waals surface area contributed by atoms with E-state index in [9.17, 15) is 4.79 Å². The van der Waals surface area contributed by atoms with E-state index in [-0.39, 0.29) is 5.91 Å². The molecule has 1 aliphatic carbocycles. The Bertz CT molecular complexity index is 494. The topological polar surface area (TPSA) is 71.8 Å². The fourth-order valence-corrected chi connectivity index (χ4v) is 3.70. The monoisotopic (exact) mass is 305 g/mol. The van der Waals surface area contributed by atoms with Gasteiger partial charge in [0.2, 0.25) is 0 Å². The van der Waals surface area contributed by atoms with Crippen LogP contribution in [0.1, 0.15) is 62.0 Å². The maximum Gasteiger partial charge on any atom is 0.273 e. The lowest BCUT2D eigenvalue weighted by molar-refractivity contribution is 0.0935. The van der Waals surface area contributed by atoms with Gasteiger partial charge in [0.05, 0.1) is 12.2 Å². The standard InChI is InChI=1S/C16H27N5O/c1-12-3-2-4-13(9-12)10-18-16(22)15-11-21(20-19-15)14-5-7-17-8-6-14/h11-14,17H,2-10H2,1H3,(H,18,22). The van der Waals surface area contributed by atoms with Gasteiger partial charge in [0, 0.05) is 6.54 Å². The Hall–Kier alpha value is -1.43. The zero-order valence-corrected chi connectivity index (χ0v) is 13.4. The Morgan fingerprint density at radius 2 is 2.18 bits per heavy atom. The Morgan fingerprint density at radius 1 is 1.36 bits per heavy atom. The van der Waals surface area contributed by atoms with Gasteiger partial charge in [0.25, 0.3) is 5.91 Å². The van der Waals surface area contributed by atoms with Crippen LogP contribution in [0.15, 0.2) is 6.20 Å². The summed E-state index contributed by atoms with van der Waals surface area (Å²) in [5.41, 5.74) is 0.447. The third-order valence-corrected chi connectivity index (χ3v) is 5.02. The van der Waals surface area contributed by atoms with E-state index in [0.29, 0.717) is 17.7 Å². The summed E-state index contributed by atoms with van der Waals surface area (Å²) in [6.45, 7) is 5.08. The molecule has 1 aromatic heterocycles. The molecule has 2 heterocycles. The van der Waals surface area contributed by atoms with Gasteiger partial charge in [-0.2, -0.15) is 0 Å². The molecule has 1 saturated carbocycles. The summed E-state index contributed by atoms with van der Waals surface area (Å²) in [7, 11) is 0. The molecule has 2 unspecified atom stereocenters. The molecule has 6 nitrogen and oxygen atoms in total. The van der Waals surface area contributed by atoms with Gasteiger partial charge >= 0.3 is 0 Å². The molecule has 122 valence electrons. The van der Waals surface area contributed by atoms with Crippen molar-refractivity contribution >= 4 is 5.91 Å². The van der Waals surface area contributed by atoms with E-state index in [1.54, 1.807) is 6.20 Å². The summed E-state index contributed by atoms with van der Waals surface area (Å²) >= 11 is 0. The molecule has 2 fully saturated rings. The molecular formula is C16H27N5O. The first-order chi connectivity index (χ1) is 10.7.